The molecule has 0 aliphatic carbocycles. The minimum absolute atomic E-state index is 0.0359. The van der Waals surface area contributed by atoms with Crippen LogP contribution >= 0.6 is 0 Å². The highest BCUT2D eigenvalue weighted by Gasteiger charge is 2.34. The van der Waals surface area contributed by atoms with E-state index < -0.39 is 45.6 Å². The molecule has 1 aromatic carbocycles. The first kappa shape index (κ1) is 29.8. The number of benzene rings is 1. The van der Waals surface area contributed by atoms with Gasteiger partial charge >= 0.3 is 0 Å². The minimum Gasteiger partial charge on any atom is -0.497 e. The van der Waals surface area contributed by atoms with Crippen LogP contribution in [0.4, 0.5) is 0 Å². The number of carbonyl (C=O) groups is 4. The summed E-state index contributed by atoms with van der Waals surface area (Å²) in [6.07, 6.45) is 2.23. The predicted molar refractivity (Wildman–Crippen MR) is 140 cm³/mol. The van der Waals surface area contributed by atoms with Crippen LogP contribution in [0, 0.1) is 5.92 Å². The SMILES string of the molecule is COc1ccc(S(=O)(=O)N2CCCC(NC(=O)C(CC(C)C)NC(=O)CNC(=O)c3ccco3)C(=O)C2)cc1. The first-order valence-electron chi connectivity index (χ1n) is 12.6. The highest BCUT2D eigenvalue weighted by molar-refractivity contribution is 7.89. The largest absolute Gasteiger partial charge is 0.497 e. The van der Waals surface area contributed by atoms with Gasteiger partial charge in [-0.3, -0.25) is 19.2 Å². The molecule has 1 saturated heterocycles. The first-order valence-corrected chi connectivity index (χ1v) is 14.0. The number of ketones is 1. The molecule has 2 atom stereocenters. The van der Waals surface area contributed by atoms with Crippen LogP contribution in [0.5, 0.6) is 5.75 Å². The lowest BCUT2D eigenvalue weighted by molar-refractivity contribution is -0.131. The van der Waals surface area contributed by atoms with E-state index in [-0.39, 0.29) is 42.6 Å². The number of Topliss-reactive ketones (excluding diaryl/α,β-unsaturated/α-hetero) is 1. The maximum absolute atomic E-state index is 13.1. The summed E-state index contributed by atoms with van der Waals surface area (Å²) >= 11 is 0. The summed E-state index contributed by atoms with van der Waals surface area (Å²) in [5, 5.41) is 7.72. The number of amides is 3. The van der Waals surface area contributed by atoms with Gasteiger partial charge in [-0.1, -0.05) is 13.8 Å². The molecule has 1 aromatic heterocycles. The van der Waals surface area contributed by atoms with Crippen molar-refractivity contribution in [3.8, 4) is 5.75 Å². The fourth-order valence-electron chi connectivity index (χ4n) is 4.13. The summed E-state index contributed by atoms with van der Waals surface area (Å²) < 4.78 is 37.4. The Labute approximate surface area is 227 Å². The Kier molecular flexibility index (Phi) is 10.2. The monoisotopic (exact) mass is 562 g/mol. The van der Waals surface area contributed by atoms with Crippen LogP contribution in [0.15, 0.2) is 52.0 Å². The van der Waals surface area contributed by atoms with E-state index in [2.05, 4.69) is 16.0 Å². The van der Waals surface area contributed by atoms with Crippen molar-refractivity contribution in [1.29, 1.82) is 0 Å². The third-order valence-corrected chi connectivity index (χ3v) is 8.01. The van der Waals surface area contributed by atoms with Crippen molar-refractivity contribution < 1.29 is 36.7 Å². The lowest BCUT2D eigenvalue weighted by atomic mass is 10.0. The maximum Gasteiger partial charge on any atom is 0.287 e. The first-order chi connectivity index (χ1) is 18.5. The molecular weight excluding hydrogens is 528 g/mol. The van der Waals surface area contributed by atoms with Crippen molar-refractivity contribution >= 4 is 33.5 Å². The average Bonchev–Trinajstić information content (AvgIpc) is 3.38. The second-order valence-electron chi connectivity index (χ2n) is 9.59. The van der Waals surface area contributed by atoms with Crippen molar-refractivity contribution in [2.24, 2.45) is 5.92 Å². The molecule has 3 N–H and O–H groups in total. The van der Waals surface area contributed by atoms with E-state index in [0.29, 0.717) is 18.6 Å². The molecule has 2 aromatic rings. The number of sulfonamides is 1. The van der Waals surface area contributed by atoms with E-state index in [9.17, 15) is 27.6 Å². The van der Waals surface area contributed by atoms with Gasteiger partial charge in [-0.2, -0.15) is 4.31 Å². The van der Waals surface area contributed by atoms with Crippen LogP contribution in [-0.2, 0) is 24.4 Å². The van der Waals surface area contributed by atoms with Crippen molar-refractivity contribution in [1.82, 2.24) is 20.3 Å². The third-order valence-electron chi connectivity index (χ3n) is 6.15. The maximum atomic E-state index is 13.1. The zero-order valence-corrected chi connectivity index (χ0v) is 23.0. The van der Waals surface area contributed by atoms with Crippen molar-refractivity contribution in [3.63, 3.8) is 0 Å². The van der Waals surface area contributed by atoms with E-state index in [1.54, 1.807) is 6.07 Å². The zero-order valence-electron chi connectivity index (χ0n) is 22.1. The smallest absolute Gasteiger partial charge is 0.287 e. The Hall–Kier alpha value is -3.71. The van der Waals surface area contributed by atoms with Gasteiger partial charge in [0.05, 0.1) is 37.4 Å². The molecule has 1 aliphatic heterocycles. The van der Waals surface area contributed by atoms with Gasteiger partial charge in [0.25, 0.3) is 5.91 Å². The molecule has 39 heavy (non-hydrogen) atoms. The fourth-order valence-corrected chi connectivity index (χ4v) is 5.57. The number of methoxy groups -OCH3 is 1. The summed E-state index contributed by atoms with van der Waals surface area (Å²) in [7, 11) is -2.45. The Bertz CT molecular complexity index is 1260. The second kappa shape index (κ2) is 13.4. The van der Waals surface area contributed by atoms with Gasteiger partial charge in [0.1, 0.15) is 11.8 Å². The Balaban J connectivity index is 1.61. The lowest BCUT2D eigenvalue weighted by Gasteiger charge is -2.23. The highest BCUT2D eigenvalue weighted by Crippen LogP contribution is 2.22. The number of nitrogens with one attached hydrogen (secondary N) is 3. The molecule has 12 nitrogen and oxygen atoms in total. The Morgan fingerprint density at radius 2 is 1.87 bits per heavy atom. The van der Waals surface area contributed by atoms with Crippen LogP contribution in [0.25, 0.3) is 0 Å². The van der Waals surface area contributed by atoms with Gasteiger partial charge in [-0.15, -0.1) is 0 Å². The molecule has 0 radical (unpaired) electrons. The van der Waals surface area contributed by atoms with Gasteiger partial charge in [0.2, 0.25) is 21.8 Å². The number of rotatable bonds is 11. The molecular formula is C26H34N4O8S. The molecule has 1 fully saturated rings. The molecule has 212 valence electrons. The minimum atomic E-state index is -3.93. The molecule has 13 heteroatoms. The van der Waals surface area contributed by atoms with Gasteiger partial charge < -0.3 is 25.1 Å². The van der Waals surface area contributed by atoms with E-state index in [1.165, 1.54) is 43.7 Å². The molecule has 1 aliphatic rings. The van der Waals surface area contributed by atoms with E-state index in [4.69, 9.17) is 9.15 Å². The van der Waals surface area contributed by atoms with Crippen LogP contribution in [0.1, 0.15) is 43.7 Å². The van der Waals surface area contributed by atoms with Gasteiger partial charge in [-0.25, -0.2) is 8.42 Å². The molecule has 2 heterocycles. The quantitative estimate of drug-likeness (QED) is 0.366. The fraction of sp³-hybridized carbons (Fsp3) is 0.462. The topological polar surface area (TPSA) is 164 Å². The van der Waals surface area contributed by atoms with Crippen LogP contribution < -0.4 is 20.7 Å². The van der Waals surface area contributed by atoms with Crippen molar-refractivity contribution in [3.05, 3.63) is 48.4 Å². The zero-order chi connectivity index (χ0) is 28.6. The Morgan fingerprint density at radius 1 is 1.15 bits per heavy atom. The number of carbonyl (C=O) groups excluding carboxylic acids is 4. The number of furan rings is 1. The van der Waals surface area contributed by atoms with Crippen molar-refractivity contribution in [2.45, 2.75) is 50.1 Å². The number of nitrogens with zero attached hydrogens (tertiary/aromatic N) is 1. The van der Waals surface area contributed by atoms with Crippen molar-refractivity contribution in [2.75, 3.05) is 26.7 Å². The molecule has 0 spiro atoms. The number of hydrogen-bond acceptors (Lipinski definition) is 8. The van der Waals surface area contributed by atoms with Gasteiger partial charge in [-0.05, 0) is 61.6 Å². The summed E-state index contributed by atoms with van der Waals surface area (Å²) in [5.41, 5.74) is 0. The van der Waals surface area contributed by atoms with Gasteiger partial charge in [0.15, 0.2) is 11.5 Å². The average molecular weight is 563 g/mol. The Morgan fingerprint density at radius 3 is 2.49 bits per heavy atom. The molecule has 3 rings (SSSR count). The lowest BCUT2D eigenvalue weighted by Crippen LogP contribution is -2.54. The third kappa shape index (κ3) is 8.14. The summed E-state index contributed by atoms with van der Waals surface area (Å²) in [5.74, 6) is -1.56. The van der Waals surface area contributed by atoms with Crippen LogP contribution in [0.2, 0.25) is 0 Å². The normalized spacial score (nSPS) is 17.2. The highest BCUT2D eigenvalue weighted by atomic mass is 32.2. The number of hydrogen-bond donors (Lipinski definition) is 3. The summed E-state index contributed by atoms with van der Waals surface area (Å²) in [4.78, 5) is 50.6. The molecule has 3 amide bonds. The predicted octanol–water partition coefficient (Wildman–Crippen LogP) is 1.09. The van der Waals surface area contributed by atoms with E-state index >= 15 is 0 Å². The summed E-state index contributed by atoms with van der Waals surface area (Å²) in [6.45, 7) is 3.11. The standard InChI is InChI=1S/C26H34N4O8S/c1-17(2)14-21(28-24(32)15-27-26(34)23-7-5-13-38-23)25(33)29-20-6-4-12-30(16-22(20)31)39(35,36)19-10-8-18(37-3)9-11-19/h5,7-11,13,17,20-21H,4,6,12,14-16H2,1-3H3,(H,27,34)(H,28,32)(H,29,33). The summed E-state index contributed by atoms with van der Waals surface area (Å²) in [6, 6.07) is 7.03. The van der Waals surface area contributed by atoms with E-state index in [1.807, 2.05) is 13.8 Å². The van der Waals surface area contributed by atoms with E-state index in [0.717, 1.165) is 4.31 Å². The molecule has 0 bridgehead atoms. The second-order valence-corrected chi connectivity index (χ2v) is 11.5. The molecule has 0 saturated carbocycles. The van der Waals surface area contributed by atoms with Gasteiger partial charge in [0, 0.05) is 6.54 Å². The number of ether oxygens (including phenoxy) is 1. The van der Waals surface area contributed by atoms with Crippen LogP contribution in [-0.4, -0.2) is 75.1 Å². The molecule has 2 unspecified atom stereocenters. The van der Waals surface area contributed by atoms with Crippen LogP contribution in [0.3, 0.4) is 0 Å².